The van der Waals surface area contributed by atoms with Crippen LogP contribution < -0.4 is 11.5 Å². The van der Waals surface area contributed by atoms with Gasteiger partial charge in [0.25, 0.3) is 0 Å². The largest absolute Gasteiger partial charge is 0.412 e. The summed E-state index contributed by atoms with van der Waals surface area (Å²) in [4.78, 5) is 19.5. The van der Waals surface area contributed by atoms with Gasteiger partial charge in [0.15, 0.2) is 0 Å². The van der Waals surface area contributed by atoms with E-state index in [1.807, 2.05) is 0 Å². The summed E-state index contributed by atoms with van der Waals surface area (Å²) in [5.74, 6) is -1.37. The minimum atomic E-state index is -0.687. The van der Waals surface area contributed by atoms with Crippen LogP contribution in [0, 0.1) is 0 Å². The minimum absolute atomic E-state index is 0. The highest BCUT2D eigenvalue weighted by molar-refractivity contribution is 5.95. The van der Waals surface area contributed by atoms with E-state index >= 15 is 0 Å². The van der Waals surface area contributed by atoms with E-state index in [2.05, 4.69) is 11.5 Å². The van der Waals surface area contributed by atoms with Crippen molar-refractivity contribution in [1.29, 1.82) is 0 Å². The fourth-order valence-electron chi connectivity index (χ4n) is 0.172. The lowest BCUT2D eigenvalue weighted by atomic mass is 10.4. The number of nitrogens with two attached hydrogens (primary N) is 2. The molecule has 0 saturated carbocycles. The van der Waals surface area contributed by atoms with Crippen molar-refractivity contribution in [3.63, 3.8) is 0 Å². The lowest BCUT2D eigenvalue weighted by Crippen LogP contribution is -2.21. The maximum Gasteiger partial charge on any atom is 0.226 e. The molecule has 0 saturated heterocycles. The number of hydrogen-bond acceptors (Lipinski definition) is 2. The predicted molar refractivity (Wildman–Crippen MR) is 26.6 cm³/mol. The van der Waals surface area contributed by atoms with Gasteiger partial charge in [-0.05, 0) is 0 Å². The van der Waals surface area contributed by atoms with Crippen molar-refractivity contribution in [2.45, 2.75) is 6.42 Å². The van der Waals surface area contributed by atoms with Gasteiger partial charge in [0.05, 0.1) is 0 Å². The third kappa shape index (κ3) is 8.86. The van der Waals surface area contributed by atoms with Crippen molar-refractivity contribution in [3.05, 3.63) is 0 Å². The zero-order valence-electron chi connectivity index (χ0n) is 4.18. The molecular weight excluding hydrogens is 112 g/mol. The minimum Gasteiger partial charge on any atom is -0.412 e. The van der Waals surface area contributed by atoms with Gasteiger partial charge in [-0.2, -0.15) is 0 Å². The van der Waals surface area contributed by atoms with Crippen LogP contribution in [0.2, 0.25) is 0 Å². The van der Waals surface area contributed by atoms with Crippen molar-refractivity contribution < 1.29 is 15.1 Å². The molecule has 0 aromatic heterocycles. The molecule has 0 heterocycles. The Morgan fingerprint density at radius 3 is 1.38 bits per heavy atom. The van der Waals surface area contributed by atoms with E-state index in [4.69, 9.17) is 0 Å². The summed E-state index contributed by atoms with van der Waals surface area (Å²) >= 11 is 0. The molecule has 0 fully saturated rings. The summed E-state index contributed by atoms with van der Waals surface area (Å²) in [5, 5.41) is 0. The lowest BCUT2D eigenvalue weighted by Gasteiger charge is -1.82. The fraction of sp³-hybridized carbons (Fsp3) is 0.333. The molecule has 5 heteroatoms. The average Bonchev–Trinajstić information content (AvgIpc) is 1.27. The average molecular weight is 120 g/mol. The molecule has 6 N–H and O–H groups in total. The second kappa shape index (κ2) is 4.07. The zero-order chi connectivity index (χ0) is 5.86. The third-order valence-electron chi connectivity index (χ3n) is 0.348. The van der Waals surface area contributed by atoms with E-state index < -0.39 is 11.8 Å². The molecule has 0 atom stereocenters. The van der Waals surface area contributed by atoms with Crippen LogP contribution in [-0.4, -0.2) is 17.3 Å². The van der Waals surface area contributed by atoms with Crippen LogP contribution in [0.15, 0.2) is 0 Å². The Morgan fingerprint density at radius 1 is 1.12 bits per heavy atom. The van der Waals surface area contributed by atoms with Gasteiger partial charge in [-0.1, -0.05) is 0 Å². The lowest BCUT2D eigenvalue weighted by molar-refractivity contribution is -0.125. The number of carbonyl (C=O) groups excluding carboxylic acids is 2. The topological polar surface area (TPSA) is 118 Å². The second-order valence-corrected chi connectivity index (χ2v) is 1.11. The third-order valence-corrected chi connectivity index (χ3v) is 0.348. The highest BCUT2D eigenvalue weighted by Crippen LogP contribution is 1.68. The molecule has 0 aliphatic carbocycles. The standard InChI is InChI=1S/C3H6N2O2.H2O/c4-2(6)1-3(5)7;/h1H2,(H2,4,6)(H2,5,7);1H2. The summed E-state index contributed by atoms with van der Waals surface area (Å²) in [6.45, 7) is 0. The molecule has 0 aromatic rings. The Hall–Kier alpha value is -1.10. The van der Waals surface area contributed by atoms with Gasteiger partial charge in [0.2, 0.25) is 11.8 Å². The molecule has 0 aromatic carbocycles. The SMILES string of the molecule is NC(=O)CC(N)=O.O. The van der Waals surface area contributed by atoms with Gasteiger partial charge in [-0.3, -0.25) is 9.59 Å². The number of amides is 2. The Morgan fingerprint density at radius 2 is 1.38 bits per heavy atom. The van der Waals surface area contributed by atoms with Crippen molar-refractivity contribution in [2.75, 3.05) is 0 Å². The maximum absolute atomic E-state index is 9.73. The summed E-state index contributed by atoms with van der Waals surface area (Å²) in [6, 6.07) is 0. The summed E-state index contributed by atoms with van der Waals surface area (Å²) in [7, 11) is 0. The molecule has 0 bridgehead atoms. The smallest absolute Gasteiger partial charge is 0.226 e. The Balaban J connectivity index is 0. The first-order chi connectivity index (χ1) is 3.13. The molecule has 2 amide bonds. The van der Waals surface area contributed by atoms with Crippen LogP contribution in [0.1, 0.15) is 6.42 Å². The number of rotatable bonds is 2. The van der Waals surface area contributed by atoms with Gasteiger partial charge in [0, 0.05) is 0 Å². The second-order valence-electron chi connectivity index (χ2n) is 1.11. The Labute approximate surface area is 46.0 Å². The van der Waals surface area contributed by atoms with Gasteiger partial charge in [-0.15, -0.1) is 0 Å². The molecule has 0 rings (SSSR count). The van der Waals surface area contributed by atoms with Crippen LogP contribution in [0.4, 0.5) is 0 Å². The summed E-state index contributed by atoms with van der Waals surface area (Å²) in [5.41, 5.74) is 9.11. The van der Waals surface area contributed by atoms with Crippen molar-refractivity contribution in [3.8, 4) is 0 Å². The molecule has 0 unspecified atom stereocenters. The summed E-state index contributed by atoms with van der Waals surface area (Å²) in [6.07, 6.45) is -0.361. The van der Waals surface area contributed by atoms with E-state index in [-0.39, 0.29) is 11.9 Å². The van der Waals surface area contributed by atoms with Gasteiger partial charge >= 0.3 is 0 Å². The van der Waals surface area contributed by atoms with Crippen molar-refractivity contribution in [2.24, 2.45) is 11.5 Å². The summed E-state index contributed by atoms with van der Waals surface area (Å²) < 4.78 is 0. The Kier molecular flexibility index (Phi) is 5.09. The highest BCUT2D eigenvalue weighted by atomic mass is 16.2. The number of hydrogen-bond donors (Lipinski definition) is 2. The van der Waals surface area contributed by atoms with Crippen LogP contribution in [0.5, 0.6) is 0 Å². The normalized spacial score (nSPS) is 7.00. The van der Waals surface area contributed by atoms with E-state index in [9.17, 15) is 9.59 Å². The van der Waals surface area contributed by atoms with Crippen LogP contribution >= 0.6 is 0 Å². The van der Waals surface area contributed by atoms with E-state index in [0.717, 1.165) is 0 Å². The van der Waals surface area contributed by atoms with E-state index in [1.54, 1.807) is 0 Å². The molecule has 0 aliphatic rings. The molecule has 0 aliphatic heterocycles. The molecule has 0 radical (unpaired) electrons. The van der Waals surface area contributed by atoms with Gasteiger partial charge in [-0.25, -0.2) is 0 Å². The molecule has 5 nitrogen and oxygen atoms in total. The first kappa shape index (κ1) is 10.0. The monoisotopic (exact) mass is 120 g/mol. The first-order valence-corrected chi connectivity index (χ1v) is 1.69. The first-order valence-electron chi connectivity index (χ1n) is 1.69. The van der Waals surface area contributed by atoms with Crippen LogP contribution in [0.25, 0.3) is 0 Å². The van der Waals surface area contributed by atoms with Crippen molar-refractivity contribution in [1.82, 2.24) is 0 Å². The zero-order valence-corrected chi connectivity index (χ0v) is 4.18. The van der Waals surface area contributed by atoms with Crippen molar-refractivity contribution >= 4 is 11.8 Å². The van der Waals surface area contributed by atoms with Crippen LogP contribution in [-0.2, 0) is 9.59 Å². The van der Waals surface area contributed by atoms with E-state index in [0.29, 0.717) is 0 Å². The molecule has 0 spiro atoms. The fourth-order valence-corrected chi connectivity index (χ4v) is 0.172. The number of primary amides is 2. The quantitative estimate of drug-likeness (QED) is 0.392. The molecule has 8 heavy (non-hydrogen) atoms. The van der Waals surface area contributed by atoms with E-state index in [1.165, 1.54) is 0 Å². The highest BCUT2D eigenvalue weighted by Gasteiger charge is 1.96. The predicted octanol–water partition coefficient (Wildman–Crippen LogP) is -2.48. The Bertz CT molecular complexity index is 88.7. The number of carbonyl (C=O) groups is 2. The molecule has 48 valence electrons. The van der Waals surface area contributed by atoms with Gasteiger partial charge in [0.1, 0.15) is 6.42 Å². The molecular formula is C3H8N2O3. The maximum atomic E-state index is 9.73. The van der Waals surface area contributed by atoms with Gasteiger partial charge < -0.3 is 16.9 Å². The van der Waals surface area contributed by atoms with Crippen LogP contribution in [0.3, 0.4) is 0 Å².